The highest BCUT2D eigenvalue weighted by Gasteiger charge is 2.12. The Kier molecular flexibility index (Phi) is 3.30. The van der Waals surface area contributed by atoms with Crippen molar-refractivity contribution in [2.24, 2.45) is 0 Å². The van der Waals surface area contributed by atoms with Crippen LogP contribution >= 0.6 is 27.9 Å². The minimum Gasteiger partial charge on any atom is -0.246 e. The third-order valence-corrected chi connectivity index (χ3v) is 3.75. The zero-order valence-electron chi connectivity index (χ0n) is 7.37. The van der Waals surface area contributed by atoms with Crippen LogP contribution in [0, 0.1) is 0 Å². The van der Waals surface area contributed by atoms with Gasteiger partial charge in [0.15, 0.2) is 0 Å². The van der Waals surface area contributed by atoms with Gasteiger partial charge in [0.2, 0.25) is 0 Å². The highest BCUT2D eigenvalue weighted by Crippen LogP contribution is 2.27. The molecule has 0 atom stereocenters. The van der Waals surface area contributed by atoms with E-state index in [0.717, 1.165) is 4.47 Å². The molecule has 1 fully saturated rings. The van der Waals surface area contributed by atoms with Crippen molar-refractivity contribution < 1.29 is 0 Å². The summed E-state index contributed by atoms with van der Waals surface area (Å²) in [6.07, 6.45) is 2.70. The van der Waals surface area contributed by atoms with Gasteiger partial charge in [-0.3, -0.25) is 0 Å². The van der Waals surface area contributed by atoms with Crippen molar-refractivity contribution in [3.05, 3.63) is 28.7 Å². The van der Waals surface area contributed by atoms with Crippen LogP contribution in [0.25, 0.3) is 0 Å². The summed E-state index contributed by atoms with van der Waals surface area (Å²) in [4.78, 5) is 1.34. The van der Waals surface area contributed by atoms with E-state index in [1.807, 2.05) is 11.9 Å². The molecule has 2 rings (SSSR count). The summed E-state index contributed by atoms with van der Waals surface area (Å²) in [7, 11) is 0. The second-order valence-corrected chi connectivity index (χ2v) is 5.27. The fraction of sp³-hybridized carbons (Fsp3) is 0.400. The first kappa shape index (κ1) is 9.56. The van der Waals surface area contributed by atoms with E-state index >= 15 is 0 Å². The van der Waals surface area contributed by atoms with E-state index in [1.54, 1.807) is 0 Å². The highest BCUT2D eigenvalue weighted by atomic mass is 79.9. The van der Waals surface area contributed by atoms with Crippen LogP contribution in [-0.4, -0.2) is 17.4 Å². The van der Waals surface area contributed by atoms with Crippen molar-refractivity contribution in [2.75, 3.05) is 13.1 Å². The minimum atomic E-state index is 1.15. The molecule has 0 bridgehead atoms. The predicted octanol–water partition coefficient (Wildman–Crippen LogP) is 3.55. The Bertz CT molecular complexity index is 267. The molecule has 0 amide bonds. The lowest BCUT2D eigenvalue weighted by molar-refractivity contribution is 0.586. The lowest BCUT2D eigenvalue weighted by atomic mass is 10.4. The van der Waals surface area contributed by atoms with Gasteiger partial charge in [-0.15, -0.1) is 0 Å². The molecule has 0 aliphatic carbocycles. The maximum atomic E-state index is 3.44. The number of halogens is 1. The summed E-state index contributed by atoms with van der Waals surface area (Å²) in [5.41, 5.74) is 0. The van der Waals surface area contributed by atoms with Crippen molar-refractivity contribution >= 4 is 27.9 Å². The van der Waals surface area contributed by atoms with Gasteiger partial charge in [0.05, 0.1) is 0 Å². The highest BCUT2D eigenvalue weighted by molar-refractivity contribution is 9.10. The predicted molar refractivity (Wildman–Crippen MR) is 60.8 cm³/mol. The number of hydrogen-bond donors (Lipinski definition) is 0. The molecule has 1 saturated heterocycles. The normalized spacial score (nSPS) is 17.9. The van der Waals surface area contributed by atoms with Crippen LogP contribution in [0.15, 0.2) is 33.6 Å². The first-order valence-electron chi connectivity index (χ1n) is 4.53. The monoisotopic (exact) mass is 257 g/mol. The largest absolute Gasteiger partial charge is 0.246 e. The van der Waals surface area contributed by atoms with Gasteiger partial charge in [0.25, 0.3) is 0 Å². The van der Waals surface area contributed by atoms with Gasteiger partial charge in [-0.05, 0) is 49.1 Å². The summed E-state index contributed by atoms with van der Waals surface area (Å²) in [6, 6.07) is 8.51. The zero-order valence-corrected chi connectivity index (χ0v) is 9.77. The second-order valence-electron chi connectivity index (χ2n) is 3.18. The van der Waals surface area contributed by atoms with Gasteiger partial charge in [0, 0.05) is 22.5 Å². The third-order valence-electron chi connectivity index (χ3n) is 2.11. The van der Waals surface area contributed by atoms with Gasteiger partial charge >= 0.3 is 0 Å². The maximum absolute atomic E-state index is 3.44. The second kappa shape index (κ2) is 4.49. The summed E-state index contributed by atoms with van der Waals surface area (Å²) in [5.74, 6) is 0. The first-order chi connectivity index (χ1) is 6.34. The van der Waals surface area contributed by atoms with E-state index in [2.05, 4.69) is 44.5 Å². The number of hydrogen-bond acceptors (Lipinski definition) is 2. The van der Waals surface area contributed by atoms with E-state index in [-0.39, 0.29) is 0 Å². The van der Waals surface area contributed by atoms with Crippen molar-refractivity contribution in [3.63, 3.8) is 0 Å². The average Bonchev–Trinajstić information content (AvgIpc) is 2.62. The third kappa shape index (κ3) is 2.73. The molecule has 0 aromatic heterocycles. The fourth-order valence-electron chi connectivity index (χ4n) is 1.42. The van der Waals surface area contributed by atoms with Crippen LogP contribution in [0.2, 0.25) is 0 Å². The Labute approximate surface area is 91.8 Å². The molecule has 1 nitrogen and oxygen atoms in total. The van der Waals surface area contributed by atoms with Gasteiger partial charge in [0.1, 0.15) is 0 Å². The van der Waals surface area contributed by atoms with Crippen molar-refractivity contribution in [1.82, 2.24) is 4.31 Å². The molecule has 1 aromatic carbocycles. The fourth-order valence-corrected chi connectivity index (χ4v) is 2.68. The molecule has 0 radical (unpaired) electrons. The quantitative estimate of drug-likeness (QED) is 0.746. The molecule has 3 heteroatoms. The topological polar surface area (TPSA) is 3.24 Å². The van der Waals surface area contributed by atoms with Gasteiger partial charge in [-0.2, -0.15) is 0 Å². The van der Waals surface area contributed by atoms with E-state index in [9.17, 15) is 0 Å². The molecular formula is C10H12BrNS. The van der Waals surface area contributed by atoms with Crippen molar-refractivity contribution in [2.45, 2.75) is 17.7 Å². The standard InChI is InChI=1S/C10H12BrNS/c11-9-3-5-10(6-4-9)13-12-7-1-2-8-12/h3-6H,1-2,7-8H2. The maximum Gasteiger partial charge on any atom is 0.0231 e. The van der Waals surface area contributed by atoms with Crippen LogP contribution in [0.5, 0.6) is 0 Å². The lowest BCUT2D eigenvalue weighted by Crippen LogP contribution is -2.08. The molecule has 13 heavy (non-hydrogen) atoms. The Morgan fingerprint density at radius 3 is 2.31 bits per heavy atom. The van der Waals surface area contributed by atoms with Crippen LogP contribution in [0.4, 0.5) is 0 Å². The summed E-state index contributed by atoms with van der Waals surface area (Å²) in [5, 5.41) is 0. The Morgan fingerprint density at radius 1 is 1.08 bits per heavy atom. The molecule has 0 unspecified atom stereocenters. The van der Waals surface area contributed by atoms with Crippen molar-refractivity contribution in [1.29, 1.82) is 0 Å². The SMILES string of the molecule is Brc1ccc(SN2CCCC2)cc1. The van der Waals surface area contributed by atoms with Crippen LogP contribution in [0.1, 0.15) is 12.8 Å². The molecule has 70 valence electrons. The summed E-state index contributed by atoms with van der Waals surface area (Å²) >= 11 is 5.31. The van der Waals surface area contributed by atoms with Crippen LogP contribution < -0.4 is 0 Å². The molecule has 1 aliphatic rings. The Morgan fingerprint density at radius 2 is 1.69 bits per heavy atom. The molecule has 0 saturated carbocycles. The number of benzene rings is 1. The molecular weight excluding hydrogens is 246 g/mol. The van der Waals surface area contributed by atoms with Gasteiger partial charge < -0.3 is 0 Å². The van der Waals surface area contributed by atoms with E-state index < -0.39 is 0 Å². The molecule has 0 N–H and O–H groups in total. The lowest BCUT2D eigenvalue weighted by Gasteiger charge is -2.12. The average molecular weight is 258 g/mol. The Balaban J connectivity index is 1.97. The molecule has 1 aliphatic heterocycles. The molecule has 1 heterocycles. The summed E-state index contributed by atoms with van der Waals surface area (Å²) < 4.78 is 3.58. The smallest absolute Gasteiger partial charge is 0.0231 e. The van der Waals surface area contributed by atoms with Gasteiger partial charge in [-0.25, -0.2) is 4.31 Å². The minimum absolute atomic E-state index is 1.15. The zero-order chi connectivity index (χ0) is 9.10. The molecule has 1 aromatic rings. The number of rotatable bonds is 2. The molecule has 0 spiro atoms. The number of nitrogens with zero attached hydrogens (tertiary/aromatic N) is 1. The van der Waals surface area contributed by atoms with E-state index in [0.29, 0.717) is 0 Å². The van der Waals surface area contributed by atoms with Crippen LogP contribution in [0.3, 0.4) is 0 Å². The van der Waals surface area contributed by atoms with E-state index in [1.165, 1.54) is 30.8 Å². The van der Waals surface area contributed by atoms with Crippen LogP contribution in [-0.2, 0) is 0 Å². The van der Waals surface area contributed by atoms with E-state index in [4.69, 9.17) is 0 Å². The van der Waals surface area contributed by atoms with Crippen molar-refractivity contribution in [3.8, 4) is 0 Å². The summed E-state index contributed by atoms with van der Waals surface area (Å²) in [6.45, 7) is 2.47. The Hall–Kier alpha value is 0.01000. The van der Waals surface area contributed by atoms with Gasteiger partial charge in [-0.1, -0.05) is 15.9 Å². The first-order valence-corrected chi connectivity index (χ1v) is 6.10.